The molecule has 1 saturated heterocycles. The van der Waals surface area contributed by atoms with Gasteiger partial charge in [-0.2, -0.15) is 13.2 Å². The average Bonchev–Trinajstić information content (AvgIpc) is 3.32. The predicted molar refractivity (Wildman–Crippen MR) is 105 cm³/mol. The first-order valence-corrected chi connectivity index (χ1v) is 9.81. The summed E-state index contributed by atoms with van der Waals surface area (Å²) in [7, 11) is 0. The van der Waals surface area contributed by atoms with E-state index >= 15 is 0 Å². The highest BCUT2D eigenvalue weighted by atomic mass is 19.4. The van der Waals surface area contributed by atoms with Crippen molar-refractivity contribution in [3.63, 3.8) is 0 Å². The summed E-state index contributed by atoms with van der Waals surface area (Å²) in [6.45, 7) is 5.58. The lowest BCUT2D eigenvalue weighted by molar-refractivity contribution is -0.137. The second-order valence-corrected chi connectivity index (χ2v) is 8.44. The number of alkyl halides is 3. The van der Waals surface area contributed by atoms with Crippen LogP contribution in [0.4, 0.5) is 18.0 Å². The third-order valence-corrected chi connectivity index (χ3v) is 4.74. The number of nitrogens with zero attached hydrogens (tertiary/aromatic N) is 4. The number of benzene rings is 1. The van der Waals surface area contributed by atoms with E-state index < -0.39 is 41.5 Å². The van der Waals surface area contributed by atoms with E-state index in [-0.39, 0.29) is 25.4 Å². The Hall–Kier alpha value is -3.15. The van der Waals surface area contributed by atoms with Gasteiger partial charge in [0.15, 0.2) is 5.69 Å². The zero-order valence-electron chi connectivity index (χ0n) is 17.8. The number of carbonyl (C=O) groups is 2. The first-order chi connectivity index (χ1) is 14.8. The molecule has 2 N–H and O–H groups in total. The van der Waals surface area contributed by atoms with Gasteiger partial charge in [0.25, 0.3) is 5.91 Å². The zero-order chi connectivity index (χ0) is 23.7. The van der Waals surface area contributed by atoms with E-state index in [9.17, 15) is 22.8 Å². The Labute approximate surface area is 182 Å². The van der Waals surface area contributed by atoms with Crippen molar-refractivity contribution < 1.29 is 32.2 Å². The maximum absolute atomic E-state index is 12.8. The molecule has 9 nitrogen and oxygen atoms in total. The van der Waals surface area contributed by atoms with Gasteiger partial charge in [-0.3, -0.25) is 4.79 Å². The minimum atomic E-state index is -4.42. The molecule has 2 amide bonds. The van der Waals surface area contributed by atoms with E-state index in [0.29, 0.717) is 5.56 Å². The van der Waals surface area contributed by atoms with Gasteiger partial charge in [-0.25, -0.2) is 9.48 Å². The smallest absolute Gasteiger partial charge is 0.416 e. The Morgan fingerprint density at radius 2 is 1.81 bits per heavy atom. The number of primary amides is 1. The lowest BCUT2D eigenvalue weighted by Gasteiger charge is -2.24. The molecular weight excluding hydrogens is 431 g/mol. The van der Waals surface area contributed by atoms with E-state index in [1.807, 2.05) is 0 Å². The molecule has 1 fully saturated rings. The molecule has 1 aliphatic heterocycles. The van der Waals surface area contributed by atoms with Gasteiger partial charge in [-0.1, -0.05) is 17.3 Å². The highest BCUT2D eigenvalue weighted by Gasteiger charge is 2.40. The van der Waals surface area contributed by atoms with E-state index in [1.54, 1.807) is 20.8 Å². The molecule has 2 aromatic rings. The van der Waals surface area contributed by atoms with Crippen molar-refractivity contribution in [2.45, 2.75) is 51.3 Å². The van der Waals surface area contributed by atoms with E-state index in [2.05, 4.69) is 10.3 Å². The topological polar surface area (TPSA) is 113 Å². The first-order valence-electron chi connectivity index (χ1n) is 9.81. The standard InChI is InChI=1S/C20H24F3N5O4/c1-19(2,3)32-18(30)27-9-15(28-8-14(17(24)29)25-26-28)16(10-27)31-11-12-4-6-13(7-5-12)20(21,22)23/h4-8,15-16H,9-11H2,1-3H3,(H2,24,29). The molecule has 32 heavy (non-hydrogen) atoms. The lowest BCUT2D eigenvalue weighted by atomic mass is 10.1. The fourth-order valence-corrected chi connectivity index (χ4v) is 3.20. The van der Waals surface area contributed by atoms with E-state index in [0.717, 1.165) is 12.1 Å². The lowest BCUT2D eigenvalue weighted by Crippen LogP contribution is -2.36. The Morgan fingerprint density at radius 3 is 2.34 bits per heavy atom. The Kier molecular flexibility index (Phi) is 6.44. The molecule has 2 unspecified atom stereocenters. The summed E-state index contributed by atoms with van der Waals surface area (Å²) in [4.78, 5) is 25.3. The van der Waals surface area contributed by atoms with Gasteiger partial charge in [0, 0.05) is 6.54 Å². The number of rotatable bonds is 5. The Morgan fingerprint density at radius 1 is 1.16 bits per heavy atom. The van der Waals surface area contributed by atoms with Crippen molar-refractivity contribution >= 4 is 12.0 Å². The summed E-state index contributed by atoms with van der Waals surface area (Å²) in [5.41, 5.74) is 4.28. The monoisotopic (exact) mass is 455 g/mol. The number of nitrogens with two attached hydrogens (primary N) is 1. The van der Waals surface area contributed by atoms with Gasteiger partial charge in [-0.05, 0) is 38.5 Å². The van der Waals surface area contributed by atoms with Crippen LogP contribution in [0.2, 0.25) is 0 Å². The maximum atomic E-state index is 12.8. The molecule has 0 aliphatic carbocycles. The number of hydrogen-bond donors (Lipinski definition) is 1. The maximum Gasteiger partial charge on any atom is 0.416 e. The van der Waals surface area contributed by atoms with Crippen molar-refractivity contribution in [1.82, 2.24) is 19.9 Å². The second-order valence-electron chi connectivity index (χ2n) is 8.44. The second kappa shape index (κ2) is 8.77. The number of amides is 2. The first kappa shape index (κ1) is 23.5. The zero-order valence-corrected chi connectivity index (χ0v) is 17.8. The van der Waals surface area contributed by atoms with Gasteiger partial charge in [0.1, 0.15) is 5.60 Å². The molecule has 1 aromatic heterocycles. The fraction of sp³-hybridized carbons (Fsp3) is 0.500. The Balaban J connectivity index is 1.75. The SMILES string of the molecule is CC(C)(C)OC(=O)N1CC(OCc2ccc(C(F)(F)F)cc2)C(n2cc(C(N)=O)nn2)C1. The van der Waals surface area contributed by atoms with Crippen molar-refractivity contribution in [2.75, 3.05) is 13.1 Å². The summed E-state index contributed by atoms with van der Waals surface area (Å²) in [5, 5.41) is 7.63. The van der Waals surface area contributed by atoms with Crippen LogP contribution < -0.4 is 5.73 Å². The predicted octanol–water partition coefficient (Wildman–Crippen LogP) is 2.77. The van der Waals surface area contributed by atoms with Crippen molar-refractivity contribution in [3.05, 3.63) is 47.3 Å². The van der Waals surface area contributed by atoms with Crippen LogP contribution >= 0.6 is 0 Å². The summed E-state index contributed by atoms with van der Waals surface area (Å²) in [6, 6.07) is 4.12. The van der Waals surface area contributed by atoms with Crippen LogP contribution in [0.5, 0.6) is 0 Å². The molecule has 0 saturated carbocycles. The number of likely N-dealkylation sites (tertiary alicyclic amines) is 1. The van der Waals surface area contributed by atoms with Crippen molar-refractivity contribution in [2.24, 2.45) is 5.73 Å². The summed E-state index contributed by atoms with van der Waals surface area (Å²) in [6.07, 6.45) is -4.18. The molecule has 174 valence electrons. The number of aromatic nitrogens is 3. The molecular formula is C20H24F3N5O4. The van der Waals surface area contributed by atoms with E-state index in [4.69, 9.17) is 15.2 Å². The molecule has 2 heterocycles. The molecule has 0 bridgehead atoms. The summed E-state index contributed by atoms with van der Waals surface area (Å²) in [5.74, 6) is -0.750. The van der Waals surface area contributed by atoms with Crippen LogP contribution in [-0.4, -0.2) is 56.7 Å². The molecule has 3 rings (SSSR count). The normalized spacial score (nSPS) is 19.2. The van der Waals surface area contributed by atoms with Gasteiger partial charge in [-0.15, -0.1) is 5.10 Å². The van der Waals surface area contributed by atoms with Crippen LogP contribution in [0.25, 0.3) is 0 Å². The highest BCUT2D eigenvalue weighted by Crippen LogP contribution is 2.30. The van der Waals surface area contributed by atoms with Crippen LogP contribution in [0.15, 0.2) is 30.5 Å². The van der Waals surface area contributed by atoms with Gasteiger partial charge in [0.05, 0.1) is 37.1 Å². The van der Waals surface area contributed by atoms with Crippen molar-refractivity contribution in [3.8, 4) is 0 Å². The minimum Gasteiger partial charge on any atom is -0.444 e. The number of halogens is 3. The van der Waals surface area contributed by atoms with Crippen molar-refractivity contribution in [1.29, 1.82) is 0 Å². The van der Waals surface area contributed by atoms with Crippen LogP contribution in [0.1, 0.15) is 48.4 Å². The number of ether oxygens (including phenoxy) is 2. The fourth-order valence-electron chi connectivity index (χ4n) is 3.20. The summed E-state index contributed by atoms with van der Waals surface area (Å²) < 4.78 is 51.0. The van der Waals surface area contributed by atoms with Gasteiger partial charge in [0.2, 0.25) is 0 Å². The molecule has 2 atom stereocenters. The molecule has 12 heteroatoms. The van der Waals surface area contributed by atoms with Gasteiger partial charge < -0.3 is 20.1 Å². The van der Waals surface area contributed by atoms with Crippen LogP contribution in [-0.2, 0) is 22.3 Å². The molecule has 0 spiro atoms. The molecule has 0 radical (unpaired) electrons. The minimum absolute atomic E-state index is 0.0127. The number of hydrogen-bond acceptors (Lipinski definition) is 6. The van der Waals surface area contributed by atoms with Gasteiger partial charge >= 0.3 is 12.3 Å². The summed E-state index contributed by atoms with van der Waals surface area (Å²) >= 11 is 0. The molecule has 1 aliphatic rings. The highest BCUT2D eigenvalue weighted by molar-refractivity contribution is 5.90. The quantitative estimate of drug-likeness (QED) is 0.742. The molecule has 1 aromatic carbocycles. The van der Waals surface area contributed by atoms with Crippen LogP contribution in [0.3, 0.4) is 0 Å². The number of carbonyl (C=O) groups excluding carboxylic acids is 2. The third-order valence-electron chi connectivity index (χ3n) is 4.74. The third kappa shape index (κ3) is 5.75. The van der Waals surface area contributed by atoms with Crippen LogP contribution in [0, 0.1) is 0 Å². The Bertz CT molecular complexity index is 969. The average molecular weight is 455 g/mol. The largest absolute Gasteiger partial charge is 0.444 e. The van der Waals surface area contributed by atoms with E-state index in [1.165, 1.54) is 27.9 Å².